The summed E-state index contributed by atoms with van der Waals surface area (Å²) in [7, 11) is -0.0850. The van der Waals surface area contributed by atoms with E-state index < -0.39 is 16.0 Å². The minimum absolute atomic E-state index is 0.0953. The lowest BCUT2D eigenvalue weighted by molar-refractivity contribution is 0.0692. The first-order valence-electron chi connectivity index (χ1n) is 6.42. The van der Waals surface area contributed by atoms with Crippen LogP contribution in [0.5, 0.6) is 5.75 Å². The van der Waals surface area contributed by atoms with Gasteiger partial charge in [-0.25, -0.2) is 17.9 Å². The molecule has 0 amide bonds. The zero-order valence-electron chi connectivity index (χ0n) is 12.3. The smallest absolute Gasteiger partial charge is 0.339 e. The summed E-state index contributed by atoms with van der Waals surface area (Å²) in [5, 5.41) is 9.13. The first kappa shape index (κ1) is 17.4. The van der Waals surface area contributed by atoms with Gasteiger partial charge >= 0.3 is 5.97 Å². The molecule has 118 valence electrons. The van der Waals surface area contributed by atoms with E-state index in [4.69, 9.17) is 9.84 Å². The highest BCUT2D eigenvalue weighted by molar-refractivity contribution is 7.89. The number of carboxylic acid groups (broad SMARTS) is 1. The van der Waals surface area contributed by atoms with E-state index in [1.807, 2.05) is 19.0 Å². The molecular weight excluding hydrogens is 296 g/mol. The van der Waals surface area contributed by atoms with E-state index in [2.05, 4.69) is 4.72 Å². The fourth-order valence-electron chi connectivity index (χ4n) is 1.61. The fraction of sp³-hybridized carbons (Fsp3) is 0.462. The Bertz CT molecular complexity index is 599. The molecule has 21 heavy (non-hydrogen) atoms. The number of carbonyl (C=O) groups is 1. The minimum atomic E-state index is -3.74. The van der Waals surface area contributed by atoms with Gasteiger partial charge in [-0.2, -0.15) is 0 Å². The van der Waals surface area contributed by atoms with Crippen LogP contribution in [0.25, 0.3) is 0 Å². The summed E-state index contributed by atoms with van der Waals surface area (Å²) in [6, 6.07) is 3.79. The number of rotatable bonds is 8. The third-order valence-electron chi connectivity index (χ3n) is 2.64. The van der Waals surface area contributed by atoms with E-state index in [0.29, 0.717) is 13.2 Å². The lowest BCUT2D eigenvalue weighted by atomic mass is 10.2. The Morgan fingerprint density at radius 1 is 1.38 bits per heavy atom. The van der Waals surface area contributed by atoms with E-state index in [-0.39, 0.29) is 22.8 Å². The fourth-order valence-corrected chi connectivity index (χ4v) is 2.66. The molecule has 8 heteroatoms. The van der Waals surface area contributed by atoms with Crippen molar-refractivity contribution in [1.29, 1.82) is 0 Å². The van der Waals surface area contributed by atoms with Crippen molar-refractivity contribution in [2.75, 3.05) is 33.8 Å². The van der Waals surface area contributed by atoms with Crippen LogP contribution in [0.4, 0.5) is 0 Å². The Balaban J connectivity index is 3.02. The van der Waals surface area contributed by atoms with Crippen molar-refractivity contribution in [3.63, 3.8) is 0 Å². The van der Waals surface area contributed by atoms with Crippen molar-refractivity contribution in [2.24, 2.45) is 0 Å². The molecule has 0 fully saturated rings. The second kappa shape index (κ2) is 7.39. The second-order valence-corrected chi connectivity index (χ2v) is 6.36. The van der Waals surface area contributed by atoms with Gasteiger partial charge in [0, 0.05) is 13.1 Å². The van der Waals surface area contributed by atoms with Crippen LogP contribution in [0.3, 0.4) is 0 Å². The first-order valence-corrected chi connectivity index (χ1v) is 7.90. The third kappa shape index (κ3) is 5.00. The molecule has 0 unspecified atom stereocenters. The molecule has 0 heterocycles. The van der Waals surface area contributed by atoms with Gasteiger partial charge in [-0.05, 0) is 39.2 Å². The Morgan fingerprint density at radius 2 is 2.05 bits per heavy atom. The largest absolute Gasteiger partial charge is 0.493 e. The standard InChI is InChI=1S/C13H20N2O5S/c1-4-20-12-6-5-10(9-11(12)13(16)17)21(18,19)14-7-8-15(2)3/h5-6,9,14H,4,7-8H2,1-3H3,(H,16,17). The summed E-state index contributed by atoms with van der Waals surface area (Å²) in [4.78, 5) is 12.9. The quantitative estimate of drug-likeness (QED) is 0.730. The average molecular weight is 316 g/mol. The zero-order chi connectivity index (χ0) is 16.0. The number of carboxylic acids is 1. The Hall–Kier alpha value is -1.64. The van der Waals surface area contributed by atoms with Gasteiger partial charge in [0.15, 0.2) is 0 Å². The number of benzene rings is 1. The Kier molecular flexibility index (Phi) is 6.13. The summed E-state index contributed by atoms with van der Waals surface area (Å²) in [6.45, 7) is 2.81. The molecule has 2 N–H and O–H groups in total. The minimum Gasteiger partial charge on any atom is -0.493 e. The molecule has 0 saturated heterocycles. The zero-order valence-corrected chi connectivity index (χ0v) is 13.1. The summed E-state index contributed by atoms with van der Waals surface area (Å²) in [5.74, 6) is -1.08. The number of nitrogens with zero attached hydrogens (tertiary/aromatic N) is 1. The van der Waals surface area contributed by atoms with Gasteiger partial charge < -0.3 is 14.7 Å². The maximum absolute atomic E-state index is 12.1. The molecule has 0 radical (unpaired) electrons. The van der Waals surface area contributed by atoms with Crippen molar-refractivity contribution >= 4 is 16.0 Å². The van der Waals surface area contributed by atoms with E-state index >= 15 is 0 Å². The molecule has 0 atom stereocenters. The van der Waals surface area contributed by atoms with Crippen LogP contribution in [0, 0.1) is 0 Å². The Labute approximate surface area is 124 Å². The molecule has 0 aromatic heterocycles. The van der Waals surface area contributed by atoms with Crippen molar-refractivity contribution in [2.45, 2.75) is 11.8 Å². The molecule has 0 spiro atoms. The number of nitrogens with one attached hydrogen (secondary N) is 1. The second-order valence-electron chi connectivity index (χ2n) is 4.60. The van der Waals surface area contributed by atoms with Crippen molar-refractivity contribution in [3.05, 3.63) is 23.8 Å². The highest BCUT2D eigenvalue weighted by Crippen LogP contribution is 2.22. The van der Waals surface area contributed by atoms with Crippen molar-refractivity contribution in [1.82, 2.24) is 9.62 Å². The maximum Gasteiger partial charge on any atom is 0.339 e. The lowest BCUT2D eigenvalue weighted by Gasteiger charge is -2.12. The first-order chi connectivity index (χ1) is 9.77. The number of hydrogen-bond acceptors (Lipinski definition) is 5. The van der Waals surface area contributed by atoms with Crippen LogP contribution >= 0.6 is 0 Å². The van der Waals surface area contributed by atoms with Gasteiger partial charge in [0.1, 0.15) is 11.3 Å². The van der Waals surface area contributed by atoms with E-state index in [1.165, 1.54) is 12.1 Å². The van der Waals surface area contributed by atoms with Crippen LogP contribution in [-0.2, 0) is 10.0 Å². The number of ether oxygens (including phenoxy) is 1. The van der Waals surface area contributed by atoms with Gasteiger partial charge in [0.25, 0.3) is 0 Å². The van der Waals surface area contributed by atoms with Crippen LogP contribution in [-0.4, -0.2) is 58.2 Å². The van der Waals surface area contributed by atoms with E-state index in [1.54, 1.807) is 6.92 Å². The van der Waals surface area contributed by atoms with Gasteiger partial charge in [-0.3, -0.25) is 0 Å². The Morgan fingerprint density at radius 3 is 2.57 bits per heavy atom. The molecule has 1 aromatic rings. The highest BCUT2D eigenvalue weighted by Gasteiger charge is 2.19. The molecule has 7 nitrogen and oxygen atoms in total. The van der Waals surface area contributed by atoms with Gasteiger partial charge in [0.2, 0.25) is 10.0 Å². The SMILES string of the molecule is CCOc1ccc(S(=O)(=O)NCCN(C)C)cc1C(=O)O. The molecule has 0 saturated carbocycles. The molecule has 0 aliphatic heterocycles. The summed E-state index contributed by atoms with van der Waals surface area (Å²) in [5.41, 5.74) is -0.174. The maximum atomic E-state index is 12.1. The normalized spacial score (nSPS) is 11.6. The van der Waals surface area contributed by atoms with E-state index in [0.717, 1.165) is 6.07 Å². The number of likely N-dealkylation sites (N-methyl/N-ethyl adjacent to an activating group) is 1. The highest BCUT2D eigenvalue weighted by atomic mass is 32.2. The van der Waals surface area contributed by atoms with Gasteiger partial charge in [0.05, 0.1) is 11.5 Å². The molecule has 0 bridgehead atoms. The lowest BCUT2D eigenvalue weighted by Crippen LogP contribution is -2.31. The van der Waals surface area contributed by atoms with Crippen molar-refractivity contribution < 1.29 is 23.1 Å². The van der Waals surface area contributed by atoms with Crippen molar-refractivity contribution in [3.8, 4) is 5.75 Å². The number of sulfonamides is 1. The summed E-state index contributed by atoms with van der Waals surface area (Å²) in [6.07, 6.45) is 0. The summed E-state index contributed by atoms with van der Waals surface area (Å²) < 4.78 is 31.8. The molecule has 1 rings (SSSR count). The predicted molar refractivity (Wildman–Crippen MR) is 78.3 cm³/mol. The predicted octanol–water partition coefficient (Wildman–Crippen LogP) is 0.623. The topological polar surface area (TPSA) is 95.9 Å². The monoisotopic (exact) mass is 316 g/mol. The van der Waals surface area contributed by atoms with Crippen LogP contribution < -0.4 is 9.46 Å². The van der Waals surface area contributed by atoms with E-state index in [9.17, 15) is 13.2 Å². The van der Waals surface area contributed by atoms with Crippen LogP contribution in [0.2, 0.25) is 0 Å². The number of aromatic carboxylic acids is 1. The van der Waals surface area contributed by atoms with Crippen LogP contribution in [0.15, 0.2) is 23.1 Å². The summed E-state index contributed by atoms with van der Waals surface area (Å²) >= 11 is 0. The molecule has 0 aliphatic carbocycles. The van der Waals surface area contributed by atoms with Gasteiger partial charge in [-0.1, -0.05) is 0 Å². The molecule has 1 aromatic carbocycles. The molecule has 0 aliphatic rings. The number of hydrogen-bond donors (Lipinski definition) is 2. The molecular formula is C13H20N2O5S. The van der Waals surface area contributed by atoms with Crippen LogP contribution in [0.1, 0.15) is 17.3 Å². The average Bonchev–Trinajstić information content (AvgIpc) is 2.38. The third-order valence-corrected chi connectivity index (χ3v) is 4.10. The van der Waals surface area contributed by atoms with Gasteiger partial charge in [-0.15, -0.1) is 0 Å².